The zero-order chi connectivity index (χ0) is 19.1. The Bertz CT molecular complexity index is 694. The minimum atomic E-state index is -0.0844. The minimum absolute atomic E-state index is 0.0844. The number of unbranched alkanes of at least 4 members (excludes halogenated alkanes) is 1. The van der Waals surface area contributed by atoms with E-state index in [1.54, 1.807) is 0 Å². The molecule has 2 aromatic rings. The molecule has 2 amide bonds. The lowest BCUT2D eigenvalue weighted by molar-refractivity contribution is -0.118. The van der Waals surface area contributed by atoms with Crippen molar-refractivity contribution < 1.29 is 9.59 Å². The van der Waals surface area contributed by atoms with Crippen LogP contribution >= 0.6 is 0 Å². The highest BCUT2D eigenvalue weighted by Gasteiger charge is 2.07. The van der Waals surface area contributed by atoms with Crippen LogP contribution in [-0.2, 0) is 9.59 Å². The summed E-state index contributed by atoms with van der Waals surface area (Å²) >= 11 is 0. The number of pyridine rings is 2. The number of nitrogens with one attached hydrogen (secondary N) is 2. The first kappa shape index (κ1) is 19.6. The van der Waals surface area contributed by atoms with Gasteiger partial charge in [0.15, 0.2) is 0 Å². The molecule has 26 heavy (non-hydrogen) atoms. The summed E-state index contributed by atoms with van der Waals surface area (Å²) < 4.78 is 0. The van der Waals surface area contributed by atoms with Crippen LogP contribution in [0.15, 0.2) is 24.3 Å². The van der Waals surface area contributed by atoms with Crippen molar-refractivity contribution in [2.45, 2.75) is 53.4 Å². The van der Waals surface area contributed by atoms with Crippen LogP contribution in [-0.4, -0.2) is 21.8 Å². The van der Waals surface area contributed by atoms with Gasteiger partial charge in [-0.2, -0.15) is 0 Å². The normalized spacial score (nSPS) is 10.5. The highest BCUT2D eigenvalue weighted by molar-refractivity contribution is 5.90. The predicted molar refractivity (Wildman–Crippen MR) is 103 cm³/mol. The van der Waals surface area contributed by atoms with Crippen LogP contribution in [0.2, 0.25) is 0 Å². The van der Waals surface area contributed by atoms with Crippen LogP contribution < -0.4 is 10.6 Å². The molecule has 2 rings (SSSR count). The second kappa shape index (κ2) is 9.08. The molecule has 0 aromatic carbocycles. The quantitative estimate of drug-likeness (QED) is 0.740. The van der Waals surface area contributed by atoms with E-state index in [1.807, 2.05) is 52.0 Å². The van der Waals surface area contributed by atoms with E-state index < -0.39 is 0 Å². The number of carbonyl (C=O) groups excluding carboxylic acids is 2. The molecule has 2 aromatic heterocycles. The van der Waals surface area contributed by atoms with Crippen LogP contribution in [0.4, 0.5) is 11.6 Å². The van der Waals surface area contributed by atoms with Gasteiger partial charge in [0.25, 0.3) is 0 Å². The molecular weight excluding hydrogens is 328 g/mol. The Kier molecular flexibility index (Phi) is 6.83. The summed E-state index contributed by atoms with van der Waals surface area (Å²) in [6, 6.07) is 7.60. The molecule has 0 aliphatic carbocycles. The number of rotatable bonds is 7. The molecule has 0 aliphatic rings. The molecule has 6 nitrogen and oxygen atoms in total. The van der Waals surface area contributed by atoms with Crippen molar-refractivity contribution >= 4 is 23.5 Å². The first-order valence-electron chi connectivity index (χ1n) is 8.82. The van der Waals surface area contributed by atoms with Crippen LogP contribution in [0.1, 0.15) is 48.2 Å². The lowest BCUT2D eigenvalue weighted by Gasteiger charge is -2.08. The number of aromatic nitrogens is 2. The molecule has 6 heteroatoms. The van der Waals surface area contributed by atoms with Gasteiger partial charge in [0.05, 0.1) is 0 Å². The van der Waals surface area contributed by atoms with E-state index in [2.05, 4.69) is 20.6 Å². The first-order valence-corrected chi connectivity index (χ1v) is 8.82. The largest absolute Gasteiger partial charge is 0.311 e. The Morgan fingerprint density at radius 3 is 1.46 bits per heavy atom. The summed E-state index contributed by atoms with van der Waals surface area (Å²) in [5, 5.41) is 5.61. The van der Waals surface area contributed by atoms with Gasteiger partial charge in [-0.15, -0.1) is 0 Å². The van der Waals surface area contributed by atoms with Crippen LogP contribution in [0.3, 0.4) is 0 Å². The van der Waals surface area contributed by atoms with Gasteiger partial charge in [0.2, 0.25) is 11.8 Å². The molecule has 138 valence electrons. The fourth-order valence-corrected chi connectivity index (χ4v) is 2.79. The van der Waals surface area contributed by atoms with Crippen LogP contribution in [0.25, 0.3) is 0 Å². The third-order valence-electron chi connectivity index (χ3n) is 3.79. The Morgan fingerprint density at radius 2 is 1.12 bits per heavy atom. The monoisotopic (exact) mass is 354 g/mol. The third-order valence-corrected chi connectivity index (χ3v) is 3.79. The topological polar surface area (TPSA) is 84.0 Å². The minimum Gasteiger partial charge on any atom is -0.311 e. The Labute approximate surface area is 154 Å². The molecule has 0 unspecified atom stereocenters. The van der Waals surface area contributed by atoms with E-state index in [1.165, 1.54) is 0 Å². The molecule has 0 atom stereocenters. The number of hydrogen-bond donors (Lipinski definition) is 2. The molecule has 0 fully saturated rings. The van der Waals surface area contributed by atoms with Gasteiger partial charge in [-0.25, -0.2) is 9.97 Å². The lowest BCUT2D eigenvalue weighted by Crippen LogP contribution is -2.14. The highest BCUT2D eigenvalue weighted by atomic mass is 16.2. The van der Waals surface area contributed by atoms with E-state index in [0.717, 1.165) is 22.5 Å². The lowest BCUT2D eigenvalue weighted by atomic mass is 10.1. The van der Waals surface area contributed by atoms with Crippen LogP contribution in [0.5, 0.6) is 0 Å². The highest BCUT2D eigenvalue weighted by Crippen LogP contribution is 2.12. The van der Waals surface area contributed by atoms with Gasteiger partial charge in [-0.05, 0) is 75.9 Å². The summed E-state index contributed by atoms with van der Waals surface area (Å²) in [6.07, 6.45) is 2.02. The summed E-state index contributed by atoms with van der Waals surface area (Å²) in [6.45, 7) is 7.72. The van der Waals surface area contributed by atoms with E-state index in [-0.39, 0.29) is 11.8 Å². The number of nitrogens with zero attached hydrogens (tertiary/aromatic N) is 2. The van der Waals surface area contributed by atoms with E-state index >= 15 is 0 Å². The molecule has 0 radical (unpaired) electrons. The van der Waals surface area contributed by atoms with Crippen molar-refractivity contribution in [1.82, 2.24) is 9.97 Å². The average molecular weight is 354 g/mol. The summed E-state index contributed by atoms with van der Waals surface area (Å²) in [7, 11) is 0. The zero-order valence-corrected chi connectivity index (χ0v) is 15.8. The maximum atomic E-state index is 12.0. The summed E-state index contributed by atoms with van der Waals surface area (Å²) in [5.74, 6) is 0.982. The fraction of sp³-hybridized carbons (Fsp3) is 0.400. The molecular formula is C20H26N4O2. The van der Waals surface area contributed by atoms with Gasteiger partial charge >= 0.3 is 0 Å². The van der Waals surface area contributed by atoms with Gasteiger partial charge in [0.1, 0.15) is 11.6 Å². The third kappa shape index (κ3) is 6.63. The maximum absolute atomic E-state index is 12.0. The standard InChI is InChI=1S/C20H26N4O2/c1-13-9-15(3)21-17(11-13)23-19(25)7-5-6-8-20(26)24-18-12-14(2)10-16(4)22-18/h9-12H,5-8H2,1-4H3,(H,21,23,25)(H,22,24,26). The molecule has 2 heterocycles. The number of aryl methyl sites for hydroxylation is 4. The Hall–Kier alpha value is -2.76. The molecule has 0 spiro atoms. The van der Waals surface area contributed by atoms with Crippen molar-refractivity contribution in [2.24, 2.45) is 0 Å². The number of hydrogen-bond acceptors (Lipinski definition) is 4. The van der Waals surface area contributed by atoms with Crippen molar-refractivity contribution in [3.8, 4) is 0 Å². The first-order chi connectivity index (χ1) is 12.3. The van der Waals surface area contributed by atoms with Crippen molar-refractivity contribution in [2.75, 3.05) is 10.6 Å². The molecule has 0 aliphatic heterocycles. The average Bonchev–Trinajstić information content (AvgIpc) is 2.49. The zero-order valence-electron chi connectivity index (χ0n) is 15.8. The van der Waals surface area contributed by atoms with Gasteiger partial charge in [-0.1, -0.05) is 0 Å². The Balaban J connectivity index is 1.70. The van der Waals surface area contributed by atoms with Crippen molar-refractivity contribution in [3.05, 3.63) is 46.8 Å². The number of anilines is 2. The maximum Gasteiger partial charge on any atom is 0.225 e. The van der Waals surface area contributed by atoms with E-state index in [9.17, 15) is 9.59 Å². The molecule has 0 bridgehead atoms. The van der Waals surface area contributed by atoms with E-state index in [4.69, 9.17) is 0 Å². The van der Waals surface area contributed by atoms with E-state index in [0.29, 0.717) is 37.3 Å². The van der Waals surface area contributed by atoms with Gasteiger partial charge in [0, 0.05) is 24.2 Å². The van der Waals surface area contributed by atoms with Crippen molar-refractivity contribution in [1.29, 1.82) is 0 Å². The second-order valence-corrected chi connectivity index (χ2v) is 6.65. The van der Waals surface area contributed by atoms with Gasteiger partial charge < -0.3 is 10.6 Å². The molecule has 0 saturated heterocycles. The van der Waals surface area contributed by atoms with Gasteiger partial charge in [-0.3, -0.25) is 9.59 Å². The second-order valence-electron chi connectivity index (χ2n) is 6.65. The number of amides is 2. The summed E-state index contributed by atoms with van der Waals surface area (Å²) in [4.78, 5) is 32.5. The molecule has 0 saturated carbocycles. The summed E-state index contributed by atoms with van der Waals surface area (Å²) in [5.41, 5.74) is 3.86. The fourth-order valence-electron chi connectivity index (χ4n) is 2.79. The van der Waals surface area contributed by atoms with Crippen LogP contribution in [0, 0.1) is 27.7 Å². The molecule has 2 N–H and O–H groups in total. The van der Waals surface area contributed by atoms with Crippen molar-refractivity contribution in [3.63, 3.8) is 0 Å². The SMILES string of the molecule is Cc1cc(C)nc(NC(=O)CCCCC(=O)Nc2cc(C)cc(C)n2)c1. The smallest absolute Gasteiger partial charge is 0.225 e. The Morgan fingerprint density at radius 1 is 0.731 bits per heavy atom. The predicted octanol–water partition coefficient (Wildman–Crippen LogP) is 3.85. The number of carbonyl (C=O) groups is 2.